The molecule has 1 aliphatic heterocycles. The molecule has 9 heteroatoms. The Morgan fingerprint density at radius 2 is 1.66 bits per heavy atom. The van der Waals surface area contributed by atoms with Crippen LogP contribution in [0, 0.1) is 6.92 Å². The van der Waals surface area contributed by atoms with Crippen molar-refractivity contribution in [3.05, 3.63) is 84.2 Å². The van der Waals surface area contributed by atoms with Crippen molar-refractivity contribution in [2.24, 2.45) is 0 Å². The number of amides is 1. The molecule has 5 aromatic rings. The van der Waals surface area contributed by atoms with E-state index in [1.54, 1.807) is 4.68 Å². The molecule has 0 unspecified atom stereocenters. The van der Waals surface area contributed by atoms with Crippen molar-refractivity contribution in [2.75, 3.05) is 31.1 Å². The van der Waals surface area contributed by atoms with Gasteiger partial charge in [-0.05, 0) is 43.3 Å². The number of benzene rings is 2. The Hall–Kier alpha value is -4.53. The largest absolute Gasteiger partial charge is 0.355 e. The molecule has 0 bridgehead atoms. The minimum Gasteiger partial charge on any atom is -0.355 e. The van der Waals surface area contributed by atoms with E-state index in [-0.39, 0.29) is 5.91 Å². The topological polar surface area (TPSA) is 93.2 Å². The molecule has 35 heavy (non-hydrogen) atoms. The van der Waals surface area contributed by atoms with E-state index >= 15 is 0 Å². The third kappa shape index (κ3) is 4.01. The number of nitrogens with zero attached hydrogens (tertiary/aromatic N) is 7. The predicted octanol–water partition coefficient (Wildman–Crippen LogP) is 3.74. The van der Waals surface area contributed by atoms with Gasteiger partial charge >= 0.3 is 0 Å². The first-order valence-corrected chi connectivity index (χ1v) is 11.5. The summed E-state index contributed by atoms with van der Waals surface area (Å²) in [6.45, 7) is 4.52. The molecular formula is C26H23N7O2. The number of hydrogen-bond donors (Lipinski definition) is 0. The summed E-state index contributed by atoms with van der Waals surface area (Å²) in [5.41, 5.74) is 3.22. The van der Waals surface area contributed by atoms with E-state index in [0.717, 1.165) is 28.0 Å². The minimum absolute atomic E-state index is 0.00208. The molecule has 0 saturated carbocycles. The van der Waals surface area contributed by atoms with Gasteiger partial charge in [-0.2, -0.15) is 5.10 Å². The van der Waals surface area contributed by atoms with E-state index in [0.29, 0.717) is 43.3 Å². The van der Waals surface area contributed by atoms with Crippen molar-refractivity contribution in [3.8, 4) is 17.1 Å². The Morgan fingerprint density at radius 3 is 2.37 bits per heavy atom. The Labute approximate surface area is 201 Å². The highest BCUT2D eigenvalue weighted by atomic mass is 16.5. The van der Waals surface area contributed by atoms with Gasteiger partial charge in [-0.25, -0.2) is 4.68 Å². The van der Waals surface area contributed by atoms with Gasteiger partial charge in [-0.3, -0.25) is 4.79 Å². The second kappa shape index (κ2) is 8.68. The lowest BCUT2D eigenvalue weighted by atomic mass is 10.1. The number of aryl methyl sites for hydroxylation is 1. The van der Waals surface area contributed by atoms with Gasteiger partial charge in [-0.1, -0.05) is 35.5 Å². The van der Waals surface area contributed by atoms with Crippen LogP contribution in [0.15, 0.2) is 77.4 Å². The summed E-state index contributed by atoms with van der Waals surface area (Å²) in [4.78, 5) is 17.3. The normalized spacial score (nSPS) is 14.0. The fourth-order valence-corrected chi connectivity index (χ4v) is 4.35. The summed E-state index contributed by atoms with van der Waals surface area (Å²) in [6, 6.07) is 21.1. The molecular weight excluding hydrogens is 442 g/mol. The zero-order chi connectivity index (χ0) is 23.8. The first kappa shape index (κ1) is 21.0. The maximum atomic E-state index is 13.3. The van der Waals surface area contributed by atoms with Crippen LogP contribution >= 0.6 is 0 Å². The van der Waals surface area contributed by atoms with E-state index in [1.807, 2.05) is 84.8 Å². The SMILES string of the molecule is Cc1ccn(-c2ccc(N3CCN(C(=O)c4ccc5noc(-c6ccccc6)c5c4)CC3)nn2)n1. The number of anilines is 1. The molecule has 9 nitrogen and oxygen atoms in total. The summed E-state index contributed by atoms with van der Waals surface area (Å²) in [5.74, 6) is 2.15. The van der Waals surface area contributed by atoms with E-state index in [2.05, 4.69) is 25.4 Å². The first-order chi connectivity index (χ1) is 17.2. The predicted molar refractivity (Wildman–Crippen MR) is 131 cm³/mol. The van der Waals surface area contributed by atoms with Gasteiger partial charge < -0.3 is 14.3 Å². The Balaban J connectivity index is 1.15. The van der Waals surface area contributed by atoms with E-state index < -0.39 is 0 Å². The molecule has 174 valence electrons. The first-order valence-electron chi connectivity index (χ1n) is 11.5. The van der Waals surface area contributed by atoms with Gasteiger partial charge in [0.25, 0.3) is 5.91 Å². The molecule has 0 atom stereocenters. The van der Waals surface area contributed by atoms with Gasteiger partial charge in [0.2, 0.25) is 0 Å². The molecule has 4 heterocycles. The summed E-state index contributed by atoms with van der Waals surface area (Å²) >= 11 is 0. The monoisotopic (exact) mass is 465 g/mol. The highest BCUT2D eigenvalue weighted by Crippen LogP contribution is 2.29. The van der Waals surface area contributed by atoms with Crippen LogP contribution in [0.5, 0.6) is 0 Å². The van der Waals surface area contributed by atoms with E-state index in [1.165, 1.54) is 0 Å². The lowest BCUT2D eigenvalue weighted by molar-refractivity contribution is 0.0746. The highest BCUT2D eigenvalue weighted by Gasteiger charge is 2.24. The Kier molecular flexibility index (Phi) is 5.21. The average Bonchev–Trinajstić information content (AvgIpc) is 3.55. The van der Waals surface area contributed by atoms with Crippen LogP contribution in [-0.4, -0.2) is 62.1 Å². The number of rotatable bonds is 4. The molecule has 1 fully saturated rings. The van der Waals surface area contributed by atoms with Gasteiger partial charge in [0.05, 0.1) is 11.1 Å². The number of fused-ring (bicyclic) bond motifs is 1. The van der Waals surface area contributed by atoms with Crippen molar-refractivity contribution in [3.63, 3.8) is 0 Å². The molecule has 0 N–H and O–H groups in total. The van der Waals surface area contributed by atoms with E-state index in [9.17, 15) is 4.79 Å². The zero-order valence-corrected chi connectivity index (χ0v) is 19.2. The fourth-order valence-electron chi connectivity index (χ4n) is 4.35. The van der Waals surface area contributed by atoms with Gasteiger partial charge in [0, 0.05) is 43.5 Å². The molecule has 1 amide bonds. The smallest absolute Gasteiger partial charge is 0.254 e. The maximum absolute atomic E-state index is 13.3. The number of carbonyl (C=O) groups excluding carboxylic acids is 1. The minimum atomic E-state index is 0.00208. The number of piperazine rings is 1. The van der Waals surface area contributed by atoms with E-state index in [4.69, 9.17) is 4.52 Å². The fraction of sp³-hybridized carbons (Fsp3) is 0.192. The van der Waals surface area contributed by atoms with Crippen LogP contribution in [0.2, 0.25) is 0 Å². The lowest BCUT2D eigenvalue weighted by Crippen LogP contribution is -2.49. The van der Waals surface area contributed by atoms with Crippen LogP contribution < -0.4 is 4.90 Å². The molecule has 0 spiro atoms. The van der Waals surface area contributed by atoms with Crippen LogP contribution in [0.1, 0.15) is 16.1 Å². The molecule has 0 radical (unpaired) electrons. The van der Waals surface area contributed by atoms with Crippen molar-refractivity contribution in [2.45, 2.75) is 6.92 Å². The molecule has 1 saturated heterocycles. The molecule has 1 aliphatic rings. The van der Waals surface area contributed by atoms with Crippen LogP contribution in [-0.2, 0) is 0 Å². The molecule has 6 rings (SSSR count). The highest BCUT2D eigenvalue weighted by molar-refractivity contribution is 6.01. The molecule has 3 aromatic heterocycles. The maximum Gasteiger partial charge on any atom is 0.254 e. The number of hydrogen-bond acceptors (Lipinski definition) is 7. The average molecular weight is 466 g/mol. The Bertz CT molecular complexity index is 1480. The van der Waals surface area contributed by atoms with Crippen molar-refractivity contribution in [1.82, 2.24) is 30.0 Å². The quantitative estimate of drug-likeness (QED) is 0.399. The van der Waals surface area contributed by atoms with Crippen LogP contribution in [0.25, 0.3) is 28.0 Å². The second-order valence-corrected chi connectivity index (χ2v) is 8.54. The van der Waals surface area contributed by atoms with Gasteiger partial charge in [0.1, 0.15) is 5.52 Å². The molecule has 0 aliphatic carbocycles. The third-order valence-corrected chi connectivity index (χ3v) is 6.24. The van der Waals surface area contributed by atoms with Crippen LogP contribution in [0.3, 0.4) is 0 Å². The summed E-state index contributed by atoms with van der Waals surface area (Å²) < 4.78 is 7.29. The Morgan fingerprint density at radius 1 is 0.886 bits per heavy atom. The van der Waals surface area contributed by atoms with Crippen LogP contribution in [0.4, 0.5) is 5.82 Å². The molecule has 2 aromatic carbocycles. The standard InChI is InChI=1S/C26H23N7O2/c1-18-11-12-33(29-18)24-10-9-23(27-28-24)31-13-15-32(16-14-31)26(34)20-7-8-22-21(17-20)25(35-30-22)19-5-3-2-4-6-19/h2-12,17H,13-16H2,1H3. The zero-order valence-electron chi connectivity index (χ0n) is 19.2. The van der Waals surface area contributed by atoms with Crippen molar-refractivity contribution in [1.29, 1.82) is 0 Å². The number of aromatic nitrogens is 5. The second-order valence-electron chi connectivity index (χ2n) is 8.54. The van der Waals surface area contributed by atoms with Crippen molar-refractivity contribution >= 4 is 22.6 Å². The van der Waals surface area contributed by atoms with Gasteiger partial charge in [-0.15, -0.1) is 10.2 Å². The van der Waals surface area contributed by atoms with Gasteiger partial charge in [0.15, 0.2) is 17.4 Å². The number of carbonyl (C=O) groups is 1. The summed E-state index contributed by atoms with van der Waals surface area (Å²) in [5, 5.41) is 18.0. The lowest BCUT2D eigenvalue weighted by Gasteiger charge is -2.35. The summed E-state index contributed by atoms with van der Waals surface area (Å²) in [6.07, 6.45) is 1.86. The third-order valence-electron chi connectivity index (χ3n) is 6.24. The van der Waals surface area contributed by atoms with Crippen molar-refractivity contribution < 1.29 is 9.32 Å². The summed E-state index contributed by atoms with van der Waals surface area (Å²) in [7, 11) is 0.